The van der Waals surface area contributed by atoms with E-state index in [4.69, 9.17) is 4.74 Å². The average Bonchev–Trinajstić information content (AvgIpc) is 2.25. The minimum absolute atomic E-state index is 0.0696. The summed E-state index contributed by atoms with van der Waals surface area (Å²) < 4.78 is 6.29. The zero-order valence-electron chi connectivity index (χ0n) is 9.50. The summed E-state index contributed by atoms with van der Waals surface area (Å²) in [5, 5.41) is 2.79. The molecule has 0 unspecified atom stereocenters. The van der Waals surface area contributed by atoms with E-state index < -0.39 is 0 Å². The number of carbonyl (C=O) groups excluding carboxylic acids is 1. The molecule has 0 aliphatic carbocycles. The van der Waals surface area contributed by atoms with Gasteiger partial charge in [-0.1, -0.05) is 15.9 Å². The number of hydrogen-bond acceptors (Lipinski definition) is 2. The lowest BCUT2D eigenvalue weighted by Crippen LogP contribution is -2.27. The van der Waals surface area contributed by atoms with Crippen LogP contribution in [0.4, 0.5) is 0 Å². The molecule has 0 spiro atoms. The maximum Gasteiger partial charge on any atom is 0.251 e. The van der Waals surface area contributed by atoms with Gasteiger partial charge in [-0.3, -0.25) is 4.79 Å². The van der Waals surface area contributed by atoms with E-state index in [1.54, 1.807) is 12.1 Å². The van der Waals surface area contributed by atoms with Crippen molar-refractivity contribution in [3.05, 3.63) is 34.3 Å². The molecule has 88 valence electrons. The van der Waals surface area contributed by atoms with E-state index in [1.807, 2.05) is 26.0 Å². The molecule has 0 radical (unpaired) electrons. The molecule has 1 aromatic carbocycles. The van der Waals surface area contributed by atoms with Gasteiger partial charge in [-0.2, -0.15) is 0 Å². The van der Waals surface area contributed by atoms with Crippen LogP contribution in [0, 0.1) is 0 Å². The van der Waals surface area contributed by atoms with E-state index in [0.717, 1.165) is 4.47 Å². The first-order valence-corrected chi connectivity index (χ1v) is 6.04. The van der Waals surface area contributed by atoms with Gasteiger partial charge in [-0.05, 0) is 38.1 Å². The highest BCUT2D eigenvalue weighted by atomic mass is 79.9. The molecule has 1 amide bonds. The summed E-state index contributed by atoms with van der Waals surface area (Å²) in [5.41, 5.74) is 0.660. The lowest BCUT2D eigenvalue weighted by Gasteiger charge is -2.08. The molecule has 1 N–H and O–H groups in total. The van der Waals surface area contributed by atoms with Crippen molar-refractivity contribution in [3.63, 3.8) is 0 Å². The lowest BCUT2D eigenvalue weighted by atomic mass is 10.2. The number of amides is 1. The van der Waals surface area contributed by atoms with E-state index in [0.29, 0.717) is 18.7 Å². The van der Waals surface area contributed by atoms with Crippen LogP contribution in [-0.2, 0) is 4.74 Å². The number of rotatable bonds is 5. The molecule has 1 aromatic rings. The van der Waals surface area contributed by atoms with Crippen molar-refractivity contribution < 1.29 is 9.53 Å². The Labute approximate surface area is 104 Å². The second-order valence-corrected chi connectivity index (χ2v) is 4.60. The van der Waals surface area contributed by atoms with Gasteiger partial charge in [-0.15, -0.1) is 0 Å². The molecule has 0 bridgehead atoms. The maximum absolute atomic E-state index is 11.6. The van der Waals surface area contributed by atoms with Crippen LogP contribution in [0.15, 0.2) is 28.7 Å². The minimum atomic E-state index is -0.0696. The Balaban J connectivity index is 2.32. The van der Waals surface area contributed by atoms with Crippen molar-refractivity contribution in [2.45, 2.75) is 20.0 Å². The largest absolute Gasteiger partial charge is 0.377 e. The molecule has 0 aliphatic heterocycles. The first-order valence-electron chi connectivity index (χ1n) is 5.25. The van der Waals surface area contributed by atoms with Crippen LogP contribution >= 0.6 is 15.9 Å². The summed E-state index contributed by atoms with van der Waals surface area (Å²) in [6.45, 7) is 5.01. The molecule has 4 heteroatoms. The van der Waals surface area contributed by atoms with Crippen LogP contribution < -0.4 is 5.32 Å². The normalized spacial score (nSPS) is 10.5. The summed E-state index contributed by atoms with van der Waals surface area (Å²) >= 11 is 3.32. The fourth-order valence-corrected chi connectivity index (χ4v) is 1.43. The summed E-state index contributed by atoms with van der Waals surface area (Å²) in [6, 6.07) is 7.25. The molecule has 0 atom stereocenters. The minimum Gasteiger partial charge on any atom is -0.377 e. The Morgan fingerprint density at radius 3 is 2.56 bits per heavy atom. The molecule has 1 rings (SSSR count). The van der Waals surface area contributed by atoms with Gasteiger partial charge in [-0.25, -0.2) is 0 Å². The number of ether oxygens (including phenoxy) is 1. The highest BCUT2D eigenvalue weighted by molar-refractivity contribution is 9.10. The molecular weight excluding hydrogens is 270 g/mol. The molecule has 0 aliphatic rings. The third kappa shape index (κ3) is 4.77. The number of nitrogens with one attached hydrogen (secondary N) is 1. The Bertz CT molecular complexity index is 335. The van der Waals surface area contributed by atoms with Gasteiger partial charge in [0.25, 0.3) is 5.91 Å². The van der Waals surface area contributed by atoms with Gasteiger partial charge in [0.1, 0.15) is 0 Å². The molecule has 0 aromatic heterocycles. The van der Waals surface area contributed by atoms with Gasteiger partial charge in [0.05, 0.1) is 12.7 Å². The topological polar surface area (TPSA) is 38.3 Å². The summed E-state index contributed by atoms with van der Waals surface area (Å²) in [5.74, 6) is -0.0696. The van der Waals surface area contributed by atoms with Crippen molar-refractivity contribution >= 4 is 21.8 Å². The second kappa shape index (κ2) is 6.66. The molecule has 0 saturated heterocycles. The zero-order valence-corrected chi connectivity index (χ0v) is 11.1. The van der Waals surface area contributed by atoms with Gasteiger partial charge >= 0.3 is 0 Å². The molecule has 0 fully saturated rings. The van der Waals surface area contributed by atoms with Crippen LogP contribution in [0.25, 0.3) is 0 Å². The highest BCUT2D eigenvalue weighted by Gasteiger charge is 2.03. The Hall–Kier alpha value is -0.870. The first-order chi connectivity index (χ1) is 7.59. The number of halogens is 1. The number of benzene rings is 1. The van der Waals surface area contributed by atoms with Crippen LogP contribution in [-0.4, -0.2) is 25.2 Å². The molecule has 16 heavy (non-hydrogen) atoms. The van der Waals surface area contributed by atoms with Gasteiger partial charge in [0, 0.05) is 16.6 Å². The number of hydrogen-bond donors (Lipinski definition) is 1. The third-order valence-electron chi connectivity index (χ3n) is 1.95. The average molecular weight is 286 g/mol. The van der Waals surface area contributed by atoms with E-state index in [9.17, 15) is 4.79 Å². The summed E-state index contributed by atoms with van der Waals surface area (Å²) in [7, 11) is 0. The zero-order chi connectivity index (χ0) is 12.0. The molecule has 3 nitrogen and oxygen atoms in total. The van der Waals surface area contributed by atoms with E-state index >= 15 is 0 Å². The smallest absolute Gasteiger partial charge is 0.251 e. The van der Waals surface area contributed by atoms with Crippen molar-refractivity contribution in [2.24, 2.45) is 0 Å². The fraction of sp³-hybridized carbons (Fsp3) is 0.417. The van der Waals surface area contributed by atoms with Crippen LogP contribution in [0.1, 0.15) is 24.2 Å². The van der Waals surface area contributed by atoms with Gasteiger partial charge in [0.15, 0.2) is 0 Å². The Morgan fingerprint density at radius 2 is 2.00 bits per heavy atom. The molecule has 0 saturated carbocycles. The van der Waals surface area contributed by atoms with E-state index in [1.165, 1.54) is 0 Å². The number of carbonyl (C=O) groups is 1. The predicted octanol–water partition coefficient (Wildman–Crippen LogP) is 2.60. The van der Waals surface area contributed by atoms with Crippen molar-refractivity contribution in [1.82, 2.24) is 5.32 Å². The maximum atomic E-state index is 11.6. The van der Waals surface area contributed by atoms with Crippen LogP contribution in [0.2, 0.25) is 0 Å². The molecule has 0 heterocycles. The van der Waals surface area contributed by atoms with Gasteiger partial charge < -0.3 is 10.1 Å². The SMILES string of the molecule is CC(C)OCCNC(=O)c1ccc(Br)cc1. The van der Waals surface area contributed by atoms with Gasteiger partial charge in [0.2, 0.25) is 0 Å². The van der Waals surface area contributed by atoms with Crippen molar-refractivity contribution in [2.75, 3.05) is 13.2 Å². The van der Waals surface area contributed by atoms with Crippen LogP contribution in [0.5, 0.6) is 0 Å². The lowest BCUT2D eigenvalue weighted by molar-refractivity contribution is 0.0746. The van der Waals surface area contributed by atoms with Crippen molar-refractivity contribution in [3.8, 4) is 0 Å². The van der Waals surface area contributed by atoms with E-state index in [-0.39, 0.29) is 12.0 Å². The Morgan fingerprint density at radius 1 is 1.38 bits per heavy atom. The fourth-order valence-electron chi connectivity index (χ4n) is 1.16. The molecular formula is C12H16BrNO2. The summed E-state index contributed by atoms with van der Waals surface area (Å²) in [6.07, 6.45) is 0.199. The standard InChI is InChI=1S/C12H16BrNO2/c1-9(2)16-8-7-14-12(15)10-3-5-11(13)6-4-10/h3-6,9H,7-8H2,1-2H3,(H,14,15). The highest BCUT2D eigenvalue weighted by Crippen LogP contribution is 2.10. The quantitative estimate of drug-likeness (QED) is 0.845. The Kier molecular flexibility index (Phi) is 5.49. The van der Waals surface area contributed by atoms with Crippen LogP contribution in [0.3, 0.4) is 0 Å². The van der Waals surface area contributed by atoms with E-state index in [2.05, 4.69) is 21.2 Å². The first kappa shape index (κ1) is 13.2. The van der Waals surface area contributed by atoms with Crippen molar-refractivity contribution in [1.29, 1.82) is 0 Å². The monoisotopic (exact) mass is 285 g/mol. The predicted molar refractivity (Wildman–Crippen MR) is 67.6 cm³/mol. The second-order valence-electron chi connectivity index (χ2n) is 3.68. The third-order valence-corrected chi connectivity index (χ3v) is 2.47. The summed E-state index contributed by atoms with van der Waals surface area (Å²) in [4.78, 5) is 11.6.